The third-order valence-electron chi connectivity index (χ3n) is 9.78. The molecule has 4 unspecified atom stereocenters. The summed E-state index contributed by atoms with van der Waals surface area (Å²) < 4.78 is 19.2. The second-order valence-electron chi connectivity index (χ2n) is 13.7. The minimum absolute atomic E-state index is 0.00791. The van der Waals surface area contributed by atoms with Crippen molar-refractivity contribution in [2.24, 2.45) is 0 Å². The number of hydrogen-bond donors (Lipinski definition) is 4. The Balaban J connectivity index is 1.42. The van der Waals surface area contributed by atoms with Crippen LogP contribution in [0.3, 0.4) is 0 Å². The van der Waals surface area contributed by atoms with Gasteiger partial charge in [0.15, 0.2) is 0 Å². The number of phenols is 1. The second kappa shape index (κ2) is 19.0. The number of amides is 4. The van der Waals surface area contributed by atoms with Crippen molar-refractivity contribution in [3.8, 4) is 5.75 Å². The number of aromatic hydroxyl groups is 1. The largest absolute Gasteiger partial charge is 0.508 e. The standard InChI is InChI=1S/C42H48FN5O7/c1-4-55-39(51)25-34-26-47(38(41(53)44-3)24-30-9-14-31-7-5-6-8-32(31)21-30)19-20-48(34)42(54)37(23-28-10-15-33(43)16-11-28)46-40(52)36(45-27(2)49)22-29-12-17-35(50)18-13-29/h5-18,21,34,36-38,50H,4,19-20,22-26H2,1-3H3,(H,44,53)(H,45,49)(H,46,52). The van der Waals surface area contributed by atoms with Crippen molar-refractivity contribution in [2.75, 3.05) is 33.3 Å². The van der Waals surface area contributed by atoms with Gasteiger partial charge in [-0.3, -0.25) is 28.9 Å². The number of nitrogens with one attached hydrogen (secondary N) is 3. The van der Waals surface area contributed by atoms with Gasteiger partial charge in [-0.1, -0.05) is 66.7 Å². The Hall–Kier alpha value is -5.82. The van der Waals surface area contributed by atoms with Crippen LogP contribution in [0.1, 0.15) is 37.0 Å². The van der Waals surface area contributed by atoms with Gasteiger partial charge < -0.3 is 30.7 Å². The lowest BCUT2D eigenvalue weighted by atomic mass is 9.97. The molecule has 1 fully saturated rings. The summed E-state index contributed by atoms with van der Waals surface area (Å²) in [7, 11) is 1.57. The Kier molecular flexibility index (Phi) is 13.9. The lowest BCUT2D eigenvalue weighted by Crippen LogP contribution is -2.64. The van der Waals surface area contributed by atoms with Gasteiger partial charge in [-0.2, -0.15) is 0 Å². The number of halogens is 1. The molecule has 0 spiro atoms. The van der Waals surface area contributed by atoms with Crippen LogP contribution >= 0.6 is 0 Å². The number of rotatable bonds is 15. The summed E-state index contributed by atoms with van der Waals surface area (Å²) in [4.78, 5) is 70.7. The number of carbonyl (C=O) groups excluding carboxylic acids is 5. The van der Waals surface area contributed by atoms with Crippen molar-refractivity contribution >= 4 is 40.4 Å². The van der Waals surface area contributed by atoms with E-state index in [0.29, 0.717) is 24.1 Å². The molecular formula is C42H48FN5O7. The van der Waals surface area contributed by atoms with E-state index < -0.39 is 53.7 Å². The molecule has 12 nitrogen and oxygen atoms in total. The molecule has 0 aromatic heterocycles. The lowest BCUT2D eigenvalue weighted by Gasteiger charge is -2.44. The van der Waals surface area contributed by atoms with Gasteiger partial charge in [0.1, 0.15) is 23.7 Å². The quantitative estimate of drug-likeness (QED) is 0.135. The third kappa shape index (κ3) is 11.1. The van der Waals surface area contributed by atoms with Gasteiger partial charge in [-0.05, 0) is 65.1 Å². The number of fused-ring (bicyclic) bond motifs is 1. The van der Waals surface area contributed by atoms with E-state index in [9.17, 15) is 33.5 Å². The maximum Gasteiger partial charge on any atom is 0.307 e. The predicted molar refractivity (Wildman–Crippen MR) is 205 cm³/mol. The molecule has 5 rings (SSSR count). The molecule has 0 saturated carbocycles. The highest BCUT2D eigenvalue weighted by molar-refractivity contribution is 5.92. The SMILES string of the molecule is CCOC(=O)CC1CN(C(Cc2ccc3ccccc3c2)C(=O)NC)CCN1C(=O)C(Cc1ccc(F)cc1)NC(=O)C(Cc1ccc(O)cc1)NC(C)=O. The molecule has 4 atom stereocenters. The second-order valence-corrected chi connectivity index (χ2v) is 13.7. The van der Waals surface area contributed by atoms with Crippen LogP contribution in [0.25, 0.3) is 10.8 Å². The number of piperazine rings is 1. The summed E-state index contributed by atoms with van der Waals surface area (Å²) in [5.74, 6) is -2.71. The topological polar surface area (TPSA) is 157 Å². The number of carbonyl (C=O) groups is 5. The fraction of sp³-hybridized carbons (Fsp3) is 0.357. The first-order valence-electron chi connectivity index (χ1n) is 18.4. The van der Waals surface area contributed by atoms with Gasteiger partial charge in [-0.25, -0.2) is 4.39 Å². The van der Waals surface area contributed by atoms with Crippen LogP contribution in [-0.2, 0) is 48.0 Å². The molecular weight excluding hydrogens is 705 g/mol. The Morgan fingerprint density at radius 2 is 1.44 bits per heavy atom. The first kappa shape index (κ1) is 40.4. The highest BCUT2D eigenvalue weighted by Crippen LogP contribution is 2.23. The number of likely N-dealkylation sites (N-methyl/N-ethyl adjacent to an activating group) is 1. The molecule has 4 N–H and O–H groups in total. The normalized spacial score (nSPS) is 16.1. The highest BCUT2D eigenvalue weighted by atomic mass is 19.1. The fourth-order valence-corrected chi connectivity index (χ4v) is 7.03. The minimum Gasteiger partial charge on any atom is -0.508 e. The summed E-state index contributed by atoms with van der Waals surface area (Å²) in [5.41, 5.74) is 2.19. The summed E-state index contributed by atoms with van der Waals surface area (Å²) in [6.07, 6.45) is 0.302. The molecule has 55 heavy (non-hydrogen) atoms. The molecule has 4 aromatic rings. The number of hydrogen-bond acceptors (Lipinski definition) is 8. The van der Waals surface area contributed by atoms with Crippen molar-refractivity contribution in [2.45, 2.75) is 63.7 Å². The van der Waals surface area contributed by atoms with Crippen molar-refractivity contribution in [1.82, 2.24) is 25.8 Å². The van der Waals surface area contributed by atoms with Gasteiger partial charge in [0.2, 0.25) is 23.6 Å². The van der Waals surface area contributed by atoms with E-state index in [-0.39, 0.29) is 50.6 Å². The predicted octanol–water partition coefficient (Wildman–Crippen LogP) is 3.28. The van der Waals surface area contributed by atoms with E-state index in [4.69, 9.17) is 4.74 Å². The molecule has 1 aliphatic heterocycles. The molecule has 1 heterocycles. The maximum absolute atomic E-state index is 14.6. The van der Waals surface area contributed by atoms with Crippen LogP contribution in [0.4, 0.5) is 4.39 Å². The average Bonchev–Trinajstić information content (AvgIpc) is 3.17. The smallest absolute Gasteiger partial charge is 0.307 e. The van der Waals surface area contributed by atoms with Gasteiger partial charge in [0.25, 0.3) is 0 Å². The summed E-state index contributed by atoms with van der Waals surface area (Å²) in [6.45, 7) is 3.71. The van der Waals surface area contributed by atoms with E-state index in [1.165, 1.54) is 43.3 Å². The van der Waals surface area contributed by atoms with Crippen LogP contribution in [-0.4, -0.2) is 102 Å². The van der Waals surface area contributed by atoms with Gasteiger partial charge in [0.05, 0.1) is 25.1 Å². The van der Waals surface area contributed by atoms with Gasteiger partial charge >= 0.3 is 5.97 Å². The van der Waals surface area contributed by atoms with Crippen molar-refractivity contribution in [3.05, 3.63) is 114 Å². The Morgan fingerprint density at radius 3 is 2.09 bits per heavy atom. The highest BCUT2D eigenvalue weighted by Gasteiger charge is 2.40. The molecule has 0 bridgehead atoms. The molecule has 13 heteroatoms. The Bertz CT molecular complexity index is 1970. The third-order valence-corrected chi connectivity index (χ3v) is 9.78. The molecule has 290 valence electrons. The van der Waals surface area contributed by atoms with Crippen LogP contribution < -0.4 is 16.0 Å². The number of benzene rings is 4. The number of nitrogens with zero attached hydrogens (tertiary/aromatic N) is 2. The summed E-state index contributed by atoms with van der Waals surface area (Å²) >= 11 is 0. The van der Waals surface area contributed by atoms with Crippen LogP contribution in [0.2, 0.25) is 0 Å². The first-order valence-corrected chi connectivity index (χ1v) is 18.4. The zero-order chi connectivity index (χ0) is 39.5. The average molecular weight is 754 g/mol. The summed E-state index contributed by atoms with van der Waals surface area (Å²) in [5, 5.41) is 20.1. The van der Waals surface area contributed by atoms with E-state index in [1.54, 1.807) is 31.0 Å². The monoisotopic (exact) mass is 753 g/mol. The van der Waals surface area contributed by atoms with Crippen LogP contribution in [0.15, 0.2) is 91.0 Å². The van der Waals surface area contributed by atoms with Gasteiger partial charge in [0, 0.05) is 46.4 Å². The first-order chi connectivity index (χ1) is 26.4. The van der Waals surface area contributed by atoms with Crippen LogP contribution in [0, 0.1) is 5.82 Å². The molecule has 1 saturated heterocycles. The fourth-order valence-electron chi connectivity index (χ4n) is 7.03. The van der Waals surface area contributed by atoms with E-state index in [0.717, 1.165) is 16.3 Å². The van der Waals surface area contributed by atoms with E-state index in [1.807, 2.05) is 41.3 Å². The molecule has 4 amide bonds. The number of esters is 1. The van der Waals surface area contributed by atoms with Gasteiger partial charge in [-0.15, -0.1) is 0 Å². The number of phenolic OH excluding ortho intramolecular Hbond substituents is 1. The molecule has 0 aliphatic carbocycles. The zero-order valence-electron chi connectivity index (χ0n) is 31.3. The van der Waals surface area contributed by atoms with Crippen molar-refractivity contribution < 1.29 is 38.2 Å². The van der Waals surface area contributed by atoms with Crippen LogP contribution in [0.5, 0.6) is 5.75 Å². The molecule has 1 aliphatic rings. The van der Waals surface area contributed by atoms with E-state index >= 15 is 0 Å². The molecule has 4 aromatic carbocycles. The zero-order valence-corrected chi connectivity index (χ0v) is 31.3. The van der Waals surface area contributed by atoms with Crippen molar-refractivity contribution in [3.63, 3.8) is 0 Å². The number of ether oxygens (including phenoxy) is 1. The minimum atomic E-state index is -1.17. The van der Waals surface area contributed by atoms with Crippen molar-refractivity contribution in [1.29, 1.82) is 0 Å². The summed E-state index contributed by atoms with van der Waals surface area (Å²) in [6, 6.07) is 22.2. The van der Waals surface area contributed by atoms with E-state index in [2.05, 4.69) is 22.0 Å². The maximum atomic E-state index is 14.6. The molecule has 0 radical (unpaired) electrons. The Morgan fingerprint density at radius 1 is 0.800 bits per heavy atom. The lowest BCUT2D eigenvalue weighted by molar-refractivity contribution is -0.149. The Labute approximate surface area is 320 Å².